The van der Waals surface area contributed by atoms with Gasteiger partial charge in [-0.15, -0.1) is 0 Å². The van der Waals surface area contributed by atoms with Gasteiger partial charge in [-0.25, -0.2) is 0 Å². The van der Waals surface area contributed by atoms with Gasteiger partial charge in [0.25, 0.3) is 5.91 Å². The van der Waals surface area contributed by atoms with Crippen LogP contribution in [0.3, 0.4) is 0 Å². The van der Waals surface area contributed by atoms with Crippen molar-refractivity contribution < 1.29 is 15.0 Å². The number of halogens is 2. The summed E-state index contributed by atoms with van der Waals surface area (Å²) < 4.78 is 1.41. The maximum atomic E-state index is 12.1. The molecular formula is C13H9Br2NO3. The molecule has 2 aromatic rings. The lowest BCUT2D eigenvalue weighted by Gasteiger charge is -2.10. The summed E-state index contributed by atoms with van der Waals surface area (Å²) in [5.74, 6) is -0.798. The second-order valence-corrected chi connectivity index (χ2v) is 5.46. The molecule has 0 aliphatic carbocycles. The maximum Gasteiger partial charge on any atom is 0.259 e. The predicted octanol–water partition coefficient (Wildman–Crippen LogP) is 3.88. The smallest absolute Gasteiger partial charge is 0.259 e. The Balaban J connectivity index is 2.34. The summed E-state index contributed by atoms with van der Waals surface area (Å²) in [6.45, 7) is 0. The Morgan fingerprint density at radius 1 is 1.05 bits per heavy atom. The van der Waals surface area contributed by atoms with Gasteiger partial charge in [0.05, 0.1) is 11.3 Å². The molecule has 19 heavy (non-hydrogen) atoms. The Labute approximate surface area is 126 Å². The van der Waals surface area contributed by atoms with Gasteiger partial charge in [-0.1, -0.05) is 6.07 Å². The molecule has 3 N–H and O–H groups in total. The van der Waals surface area contributed by atoms with Gasteiger partial charge < -0.3 is 15.5 Å². The second-order valence-electron chi connectivity index (χ2n) is 3.75. The third kappa shape index (κ3) is 3.08. The number of carbonyl (C=O) groups excluding carboxylic acids is 1. The summed E-state index contributed by atoms with van der Waals surface area (Å²) >= 11 is 6.65. The van der Waals surface area contributed by atoms with Crippen LogP contribution in [0.4, 0.5) is 5.69 Å². The van der Waals surface area contributed by atoms with E-state index in [9.17, 15) is 15.0 Å². The van der Waals surface area contributed by atoms with Crippen LogP contribution in [-0.2, 0) is 0 Å². The Morgan fingerprint density at radius 3 is 2.32 bits per heavy atom. The maximum absolute atomic E-state index is 12.1. The van der Waals surface area contributed by atoms with Crippen LogP contribution >= 0.6 is 31.9 Å². The molecular weight excluding hydrogens is 378 g/mol. The van der Waals surface area contributed by atoms with E-state index in [-0.39, 0.29) is 17.1 Å². The number of amides is 1. The zero-order valence-electron chi connectivity index (χ0n) is 9.52. The molecule has 1 amide bonds. The topological polar surface area (TPSA) is 69.6 Å². The fraction of sp³-hybridized carbons (Fsp3) is 0. The first kappa shape index (κ1) is 13.9. The molecule has 0 saturated carbocycles. The lowest BCUT2D eigenvalue weighted by molar-refractivity contribution is 0.102. The molecule has 4 nitrogen and oxygen atoms in total. The zero-order valence-corrected chi connectivity index (χ0v) is 12.7. The molecule has 98 valence electrons. The number of anilines is 1. The van der Waals surface area contributed by atoms with Crippen LogP contribution in [0.25, 0.3) is 0 Å². The average Bonchev–Trinajstić information content (AvgIpc) is 2.37. The van der Waals surface area contributed by atoms with Crippen molar-refractivity contribution >= 4 is 43.5 Å². The van der Waals surface area contributed by atoms with Gasteiger partial charge in [-0.3, -0.25) is 4.79 Å². The van der Waals surface area contributed by atoms with Crippen molar-refractivity contribution in [3.63, 3.8) is 0 Å². The van der Waals surface area contributed by atoms with Crippen molar-refractivity contribution in [3.8, 4) is 11.5 Å². The largest absolute Gasteiger partial charge is 0.508 e. The van der Waals surface area contributed by atoms with Crippen LogP contribution in [-0.4, -0.2) is 16.1 Å². The molecule has 0 atom stereocenters. The summed E-state index contributed by atoms with van der Waals surface area (Å²) in [5, 5.41) is 21.6. The summed E-state index contributed by atoms with van der Waals surface area (Å²) in [7, 11) is 0. The molecule has 2 aromatic carbocycles. The van der Waals surface area contributed by atoms with Gasteiger partial charge in [0.2, 0.25) is 0 Å². The fourth-order valence-corrected chi connectivity index (χ4v) is 2.70. The average molecular weight is 387 g/mol. The van der Waals surface area contributed by atoms with Crippen LogP contribution in [0.1, 0.15) is 10.4 Å². The first-order chi connectivity index (χ1) is 8.99. The molecule has 0 bridgehead atoms. The number of carbonyl (C=O) groups is 1. The minimum atomic E-state index is -0.513. The molecule has 0 heterocycles. The summed E-state index contributed by atoms with van der Waals surface area (Å²) in [5.41, 5.74) is 0.554. The van der Waals surface area contributed by atoms with Crippen molar-refractivity contribution in [2.45, 2.75) is 0 Å². The highest BCUT2D eigenvalue weighted by Crippen LogP contribution is 2.32. The van der Waals surface area contributed by atoms with Crippen LogP contribution in [0, 0.1) is 0 Å². The van der Waals surface area contributed by atoms with Crippen LogP contribution in [0.15, 0.2) is 45.3 Å². The molecule has 0 radical (unpaired) electrons. The number of phenols is 2. The van der Waals surface area contributed by atoms with Crippen molar-refractivity contribution in [2.75, 3.05) is 5.32 Å². The molecule has 0 fully saturated rings. The van der Waals surface area contributed by atoms with E-state index in [0.29, 0.717) is 14.6 Å². The van der Waals surface area contributed by atoms with E-state index in [4.69, 9.17) is 0 Å². The first-order valence-electron chi connectivity index (χ1n) is 5.26. The molecule has 0 aliphatic rings. The third-order valence-electron chi connectivity index (χ3n) is 2.43. The number of hydrogen-bond acceptors (Lipinski definition) is 3. The highest BCUT2D eigenvalue weighted by molar-refractivity contribution is 9.11. The van der Waals surface area contributed by atoms with Crippen molar-refractivity contribution in [3.05, 3.63) is 50.9 Å². The normalized spacial score (nSPS) is 10.2. The number of benzene rings is 2. The number of aromatic hydroxyl groups is 2. The molecule has 0 aromatic heterocycles. The summed E-state index contributed by atoms with van der Waals surface area (Å²) in [6, 6.07) is 9.15. The molecule has 6 heteroatoms. The van der Waals surface area contributed by atoms with Gasteiger partial charge in [0, 0.05) is 8.95 Å². The minimum absolute atomic E-state index is 0.00246. The van der Waals surface area contributed by atoms with E-state index in [1.54, 1.807) is 12.1 Å². The van der Waals surface area contributed by atoms with Gasteiger partial charge in [0.15, 0.2) is 0 Å². The van der Waals surface area contributed by atoms with Crippen LogP contribution < -0.4 is 5.32 Å². The number of phenolic OH excluding ortho intramolecular Hbond substituents is 2. The lowest BCUT2D eigenvalue weighted by Crippen LogP contribution is -2.12. The second kappa shape index (κ2) is 5.63. The number of rotatable bonds is 2. The van der Waals surface area contributed by atoms with Crippen LogP contribution in [0.2, 0.25) is 0 Å². The van der Waals surface area contributed by atoms with Gasteiger partial charge in [0.1, 0.15) is 11.5 Å². The molecule has 2 rings (SSSR count). The molecule has 0 unspecified atom stereocenters. The van der Waals surface area contributed by atoms with E-state index >= 15 is 0 Å². The van der Waals surface area contributed by atoms with E-state index in [1.807, 2.05) is 6.07 Å². The quantitative estimate of drug-likeness (QED) is 0.686. The molecule has 0 saturated heterocycles. The minimum Gasteiger partial charge on any atom is -0.508 e. The van der Waals surface area contributed by atoms with E-state index in [0.717, 1.165) is 0 Å². The van der Waals surface area contributed by atoms with Crippen molar-refractivity contribution in [2.24, 2.45) is 0 Å². The molecule has 0 spiro atoms. The summed E-state index contributed by atoms with van der Waals surface area (Å²) in [6.07, 6.45) is 0. The van der Waals surface area contributed by atoms with Gasteiger partial charge in [-0.05, 0) is 62.2 Å². The van der Waals surface area contributed by atoms with Crippen molar-refractivity contribution in [1.29, 1.82) is 0 Å². The number of nitrogens with one attached hydrogen (secondary N) is 1. The Morgan fingerprint density at radius 2 is 1.68 bits per heavy atom. The first-order valence-corrected chi connectivity index (χ1v) is 6.85. The SMILES string of the molecule is O=C(Nc1c(Br)cccc1Br)c1cc(O)ccc1O. The standard InChI is InChI=1S/C13H9Br2NO3/c14-9-2-1-3-10(15)12(9)16-13(19)8-6-7(17)4-5-11(8)18/h1-6,17-18H,(H,16,19). The van der Waals surface area contributed by atoms with E-state index < -0.39 is 5.91 Å². The van der Waals surface area contributed by atoms with Gasteiger partial charge >= 0.3 is 0 Å². The van der Waals surface area contributed by atoms with Crippen molar-refractivity contribution in [1.82, 2.24) is 0 Å². The monoisotopic (exact) mass is 385 g/mol. The zero-order chi connectivity index (χ0) is 14.0. The summed E-state index contributed by atoms with van der Waals surface area (Å²) in [4.78, 5) is 12.1. The predicted molar refractivity (Wildman–Crippen MR) is 79.6 cm³/mol. The number of para-hydroxylation sites is 1. The van der Waals surface area contributed by atoms with E-state index in [2.05, 4.69) is 37.2 Å². The van der Waals surface area contributed by atoms with Gasteiger partial charge in [-0.2, -0.15) is 0 Å². The third-order valence-corrected chi connectivity index (χ3v) is 3.75. The fourth-order valence-electron chi connectivity index (χ4n) is 1.50. The Bertz CT molecular complexity index is 624. The molecule has 0 aliphatic heterocycles. The highest BCUT2D eigenvalue weighted by atomic mass is 79.9. The Kier molecular flexibility index (Phi) is 4.11. The Hall–Kier alpha value is -1.53. The van der Waals surface area contributed by atoms with Crippen LogP contribution in [0.5, 0.6) is 11.5 Å². The van der Waals surface area contributed by atoms with E-state index in [1.165, 1.54) is 18.2 Å². The highest BCUT2D eigenvalue weighted by Gasteiger charge is 2.15. The lowest BCUT2D eigenvalue weighted by atomic mass is 10.1. The number of hydrogen-bond donors (Lipinski definition) is 3.